The Labute approximate surface area is 461 Å². The molecule has 0 atom stereocenters. The van der Waals surface area contributed by atoms with Gasteiger partial charge in [-0.2, -0.15) is 0 Å². The van der Waals surface area contributed by atoms with Crippen LogP contribution in [0.4, 0.5) is 0 Å². The van der Waals surface area contributed by atoms with Gasteiger partial charge in [0.2, 0.25) is 0 Å². The van der Waals surface area contributed by atoms with E-state index < -0.39 is 0 Å². The van der Waals surface area contributed by atoms with Crippen molar-refractivity contribution in [3.63, 3.8) is 0 Å². The van der Waals surface area contributed by atoms with E-state index in [9.17, 15) is 0 Å². The number of aromatic amines is 5. The number of nitrogens with one attached hydrogen (secondary N) is 5. The van der Waals surface area contributed by atoms with Crippen molar-refractivity contribution in [2.24, 2.45) is 0 Å². The number of aryl methyl sites for hydroxylation is 13. The predicted molar refractivity (Wildman–Crippen MR) is 327 cm³/mol. The Morgan fingerprint density at radius 3 is 1.17 bits per heavy atom. The summed E-state index contributed by atoms with van der Waals surface area (Å²) in [6.45, 7) is 35.9. The number of aromatic nitrogens is 10. The molecule has 75 heavy (non-hydrogen) atoms. The molecule has 10 heteroatoms. The van der Waals surface area contributed by atoms with Gasteiger partial charge in [-0.1, -0.05) is 197 Å². The molecule has 0 aliphatic rings. The van der Waals surface area contributed by atoms with Crippen LogP contribution in [0.1, 0.15) is 315 Å². The number of nitrogens with zero attached hydrogens (tertiary/aromatic N) is 5. The highest BCUT2D eigenvalue weighted by molar-refractivity contribution is 5.37. The van der Waals surface area contributed by atoms with E-state index in [1.807, 2.05) is 20.8 Å². The molecule has 5 heterocycles. The first kappa shape index (κ1) is 68.8. The largest absolute Gasteiger partial charge is 0.346 e. The van der Waals surface area contributed by atoms with Crippen LogP contribution in [0.2, 0.25) is 0 Å². The Hall–Kier alpha value is -4.21. The van der Waals surface area contributed by atoms with Gasteiger partial charge in [0.05, 0.1) is 28.5 Å². The standard InChI is InChI=1S/C20H38N2.C16H30N2.C14H26N2.C8H14N2.C7H10N2/c1-4-6-8-10-12-14-16-19-20(22-18(3)21-19)17-15-13-11-9-7-5-2;1-5-7-9-11-14-15(12-10-8-6-2)18-16(17-14)13(3)4;1-4-5-6-7-8-9-10-11-14-15-12(2)13(3)16-14;1-4-7-8(5-2)10-6(3)9-7;1-4-7-8-5(2)6(3)9-7/h4-17H2,1-3H3,(H,21,22);13H,5-12H2,1-4H3,(H,17,18);4-11H2,1-3H3,(H,15,16);4-5H2,1-3H3,(H,9,10);4H,1H2,2-3H3,(H,8,9). The van der Waals surface area contributed by atoms with Crippen molar-refractivity contribution in [1.29, 1.82) is 0 Å². The van der Waals surface area contributed by atoms with Crippen molar-refractivity contribution >= 4 is 6.08 Å². The molecule has 0 aliphatic carbocycles. The van der Waals surface area contributed by atoms with Crippen LogP contribution in [-0.2, 0) is 44.9 Å². The highest BCUT2D eigenvalue weighted by Crippen LogP contribution is 2.20. The van der Waals surface area contributed by atoms with Gasteiger partial charge in [0.25, 0.3) is 0 Å². The summed E-state index contributed by atoms with van der Waals surface area (Å²) in [5.41, 5.74) is 12.6. The van der Waals surface area contributed by atoms with E-state index in [4.69, 9.17) is 9.97 Å². The van der Waals surface area contributed by atoms with Gasteiger partial charge in [-0.3, -0.25) is 0 Å². The zero-order valence-corrected chi connectivity index (χ0v) is 51.7. The third kappa shape index (κ3) is 31.6. The number of imidazole rings is 5. The summed E-state index contributed by atoms with van der Waals surface area (Å²) in [6.07, 6.45) is 43.4. The minimum absolute atomic E-state index is 0.509. The molecule has 5 rings (SSSR count). The molecular formula is C65H118N10. The van der Waals surface area contributed by atoms with E-state index in [1.165, 1.54) is 231 Å². The van der Waals surface area contributed by atoms with Gasteiger partial charge in [-0.15, -0.1) is 0 Å². The highest BCUT2D eigenvalue weighted by Gasteiger charge is 2.12. The molecule has 0 fully saturated rings. The number of hydrogen-bond acceptors (Lipinski definition) is 5. The highest BCUT2D eigenvalue weighted by atomic mass is 15.0. The molecule has 0 bridgehead atoms. The summed E-state index contributed by atoms with van der Waals surface area (Å²) in [7, 11) is 0. The summed E-state index contributed by atoms with van der Waals surface area (Å²) in [5, 5.41) is 0. The van der Waals surface area contributed by atoms with Gasteiger partial charge in [0.15, 0.2) is 0 Å². The molecule has 0 radical (unpaired) electrons. The zero-order chi connectivity index (χ0) is 55.6. The van der Waals surface area contributed by atoms with Gasteiger partial charge in [-0.05, 0) is 118 Å². The van der Waals surface area contributed by atoms with Crippen molar-refractivity contribution in [3.8, 4) is 0 Å². The second-order valence-corrected chi connectivity index (χ2v) is 21.7. The summed E-state index contributed by atoms with van der Waals surface area (Å²) in [4.78, 5) is 39.2. The van der Waals surface area contributed by atoms with Crippen molar-refractivity contribution < 1.29 is 0 Å². The van der Waals surface area contributed by atoms with Crippen LogP contribution in [-0.4, -0.2) is 49.8 Å². The second kappa shape index (κ2) is 43.8. The quantitative estimate of drug-likeness (QED) is 0.0261. The maximum Gasteiger partial charge on any atom is 0.129 e. The lowest BCUT2D eigenvalue weighted by atomic mass is 10.0. The summed E-state index contributed by atoms with van der Waals surface area (Å²) in [6, 6.07) is 0. The minimum Gasteiger partial charge on any atom is -0.346 e. The van der Waals surface area contributed by atoms with Crippen LogP contribution >= 0.6 is 0 Å². The van der Waals surface area contributed by atoms with E-state index in [2.05, 4.69) is 130 Å². The Kier molecular flexibility index (Phi) is 40.2. The third-order valence-electron chi connectivity index (χ3n) is 14.2. The van der Waals surface area contributed by atoms with Crippen molar-refractivity contribution in [1.82, 2.24) is 49.8 Å². The van der Waals surface area contributed by atoms with Crippen LogP contribution in [0.5, 0.6) is 0 Å². The van der Waals surface area contributed by atoms with Crippen LogP contribution in [0.3, 0.4) is 0 Å². The van der Waals surface area contributed by atoms with E-state index in [0.29, 0.717) is 5.92 Å². The topological polar surface area (TPSA) is 143 Å². The normalized spacial score (nSPS) is 10.9. The van der Waals surface area contributed by atoms with E-state index >= 15 is 0 Å². The molecule has 5 aromatic heterocycles. The lowest BCUT2D eigenvalue weighted by molar-refractivity contribution is 0.585. The Morgan fingerprint density at radius 2 is 0.760 bits per heavy atom. The predicted octanol–water partition coefficient (Wildman–Crippen LogP) is 19.4. The summed E-state index contributed by atoms with van der Waals surface area (Å²) in [5.74, 6) is 5.84. The van der Waals surface area contributed by atoms with E-state index in [1.54, 1.807) is 6.08 Å². The van der Waals surface area contributed by atoms with Crippen LogP contribution in [0.15, 0.2) is 6.58 Å². The first-order valence-electron chi connectivity index (χ1n) is 31.1. The van der Waals surface area contributed by atoms with Gasteiger partial charge >= 0.3 is 0 Å². The molecule has 0 unspecified atom stereocenters. The Bertz CT molecular complexity index is 1980. The Morgan fingerprint density at radius 1 is 0.373 bits per heavy atom. The first-order valence-corrected chi connectivity index (χ1v) is 31.1. The smallest absolute Gasteiger partial charge is 0.129 e. The van der Waals surface area contributed by atoms with Gasteiger partial charge < -0.3 is 24.9 Å². The molecular weight excluding hydrogens is 921 g/mol. The number of unbranched alkanes of at least 4 members (excludes halogenated alkanes) is 20. The molecule has 0 aromatic carbocycles. The first-order chi connectivity index (χ1) is 36.2. The number of H-pyrrole nitrogens is 5. The Balaban J connectivity index is 0.000000485. The molecule has 0 saturated heterocycles. The molecule has 10 nitrogen and oxygen atoms in total. The minimum atomic E-state index is 0.509. The SMILES string of the molecule is C=Cc1nc(C)c(C)[nH]1.CCCCCCCCCc1nc(C)c(C)[nH]1.CCCCCCCCc1nc(C)[nH]c1CCCCCCCC.CCCCCc1nc(C(C)C)[nH]c1CCCCC.CCc1nc(C)[nH]c1CC. The van der Waals surface area contributed by atoms with Crippen molar-refractivity contribution in [2.75, 3.05) is 0 Å². The maximum absolute atomic E-state index is 4.80. The van der Waals surface area contributed by atoms with Crippen molar-refractivity contribution in [3.05, 3.63) is 92.6 Å². The monoisotopic (exact) mass is 1040 g/mol. The maximum atomic E-state index is 4.80. The molecule has 0 amide bonds. The molecule has 428 valence electrons. The number of rotatable bonds is 34. The third-order valence-corrected chi connectivity index (χ3v) is 14.2. The van der Waals surface area contributed by atoms with Gasteiger partial charge in [0.1, 0.15) is 29.1 Å². The fraction of sp³-hybridized carbons (Fsp3) is 0.738. The lowest BCUT2D eigenvalue weighted by Crippen LogP contribution is -1.95. The molecule has 0 aliphatic heterocycles. The van der Waals surface area contributed by atoms with Crippen molar-refractivity contribution in [2.45, 2.75) is 315 Å². The van der Waals surface area contributed by atoms with Crippen LogP contribution in [0, 0.1) is 41.5 Å². The van der Waals surface area contributed by atoms with Crippen LogP contribution < -0.4 is 0 Å². The summed E-state index contributed by atoms with van der Waals surface area (Å²) < 4.78 is 0. The van der Waals surface area contributed by atoms with Gasteiger partial charge in [-0.25, -0.2) is 24.9 Å². The second-order valence-electron chi connectivity index (χ2n) is 21.7. The summed E-state index contributed by atoms with van der Waals surface area (Å²) >= 11 is 0. The lowest BCUT2D eigenvalue weighted by Gasteiger charge is -2.04. The molecule has 0 spiro atoms. The fourth-order valence-corrected chi connectivity index (χ4v) is 9.24. The van der Waals surface area contributed by atoms with E-state index in [0.717, 1.165) is 60.2 Å². The average molecular weight is 1040 g/mol. The number of hydrogen-bond donors (Lipinski definition) is 5. The fourth-order valence-electron chi connectivity index (χ4n) is 9.24. The zero-order valence-electron chi connectivity index (χ0n) is 51.7. The van der Waals surface area contributed by atoms with E-state index in [-0.39, 0.29) is 0 Å². The molecule has 5 N–H and O–H groups in total. The average Bonchev–Trinajstić information content (AvgIpc) is 4.23. The van der Waals surface area contributed by atoms with Crippen LogP contribution in [0.25, 0.3) is 6.08 Å². The molecule has 5 aromatic rings. The molecule has 0 saturated carbocycles. The van der Waals surface area contributed by atoms with Gasteiger partial charge in [0, 0.05) is 40.8 Å².